The van der Waals surface area contributed by atoms with Gasteiger partial charge in [0.25, 0.3) is 0 Å². The van der Waals surface area contributed by atoms with E-state index < -0.39 is 10.0 Å². The van der Waals surface area contributed by atoms with Crippen LogP contribution in [0, 0.1) is 5.92 Å². The van der Waals surface area contributed by atoms with E-state index >= 15 is 0 Å². The van der Waals surface area contributed by atoms with E-state index in [1.165, 1.54) is 12.8 Å². The molecule has 0 spiro atoms. The molecule has 1 aliphatic heterocycles. The molecular formula is C13H27ClN2O3S. The second kappa shape index (κ2) is 7.94. The van der Waals surface area contributed by atoms with Gasteiger partial charge in [0.1, 0.15) is 0 Å². The third-order valence-corrected chi connectivity index (χ3v) is 5.81. The Hall–Kier alpha value is 0.120. The smallest absolute Gasteiger partial charge is 0.211 e. The summed E-state index contributed by atoms with van der Waals surface area (Å²) in [7, 11) is -1.49. The van der Waals surface area contributed by atoms with Crippen molar-refractivity contribution in [1.29, 1.82) is 0 Å². The van der Waals surface area contributed by atoms with E-state index in [1.54, 1.807) is 7.11 Å². The van der Waals surface area contributed by atoms with Gasteiger partial charge in [0, 0.05) is 13.7 Å². The number of ether oxygens (including phenoxy) is 1. The molecule has 0 bridgehead atoms. The molecule has 7 heteroatoms. The molecule has 1 aliphatic carbocycles. The summed E-state index contributed by atoms with van der Waals surface area (Å²) < 4.78 is 32.2. The SMILES string of the molecule is COCC1(CNS(=O)(=O)CC2CCCC2)CCCN1.Cl. The average Bonchev–Trinajstić information content (AvgIpc) is 2.99. The minimum absolute atomic E-state index is 0. The molecule has 2 aliphatic rings. The molecule has 120 valence electrons. The van der Waals surface area contributed by atoms with Crippen LogP contribution in [0.2, 0.25) is 0 Å². The zero-order valence-corrected chi connectivity index (χ0v) is 13.8. The summed E-state index contributed by atoms with van der Waals surface area (Å²) in [6, 6.07) is 0. The summed E-state index contributed by atoms with van der Waals surface area (Å²) in [5.74, 6) is 0.642. The number of methoxy groups -OCH3 is 1. The highest BCUT2D eigenvalue weighted by Gasteiger charge is 2.35. The molecule has 1 saturated heterocycles. The Kier molecular flexibility index (Phi) is 7.21. The summed E-state index contributed by atoms with van der Waals surface area (Å²) in [5.41, 5.74) is -0.211. The fourth-order valence-corrected chi connectivity index (χ4v) is 4.83. The van der Waals surface area contributed by atoms with Crippen molar-refractivity contribution in [2.24, 2.45) is 5.92 Å². The van der Waals surface area contributed by atoms with Gasteiger partial charge in [-0.05, 0) is 38.1 Å². The molecule has 2 rings (SSSR count). The molecule has 0 aromatic carbocycles. The zero-order valence-electron chi connectivity index (χ0n) is 12.2. The lowest BCUT2D eigenvalue weighted by molar-refractivity contribution is 0.122. The third kappa shape index (κ3) is 5.15. The number of sulfonamides is 1. The number of hydrogen-bond acceptors (Lipinski definition) is 4. The van der Waals surface area contributed by atoms with E-state index in [2.05, 4.69) is 10.0 Å². The first-order valence-electron chi connectivity index (χ1n) is 7.27. The first-order chi connectivity index (χ1) is 9.05. The van der Waals surface area contributed by atoms with Crippen LogP contribution in [0.3, 0.4) is 0 Å². The highest BCUT2D eigenvalue weighted by atomic mass is 35.5. The fraction of sp³-hybridized carbons (Fsp3) is 1.00. The van der Waals surface area contributed by atoms with Gasteiger partial charge in [-0.25, -0.2) is 13.1 Å². The predicted octanol–water partition coefficient (Wildman–Crippen LogP) is 1.29. The summed E-state index contributed by atoms with van der Waals surface area (Å²) in [6.45, 7) is 1.93. The van der Waals surface area contributed by atoms with Crippen molar-refractivity contribution in [1.82, 2.24) is 10.0 Å². The number of hydrogen-bond donors (Lipinski definition) is 2. The lowest BCUT2D eigenvalue weighted by atomic mass is 9.99. The van der Waals surface area contributed by atoms with E-state index in [-0.39, 0.29) is 23.7 Å². The largest absolute Gasteiger partial charge is 0.383 e. The molecule has 20 heavy (non-hydrogen) atoms. The van der Waals surface area contributed by atoms with Gasteiger partial charge in [-0.3, -0.25) is 0 Å². The molecule has 1 heterocycles. The molecular weight excluding hydrogens is 300 g/mol. The molecule has 0 aromatic heterocycles. The minimum atomic E-state index is -3.15. The second-order valence-electron chi connectivity index (χ2n) is 6.00. The molecule has 0 aromatic rings. The van der Waals surface area contributed by atoms with Crippen LogP contribution in [-0.4, -0.2) is 46.5 Å². The Bertz CT molecular complexity index is 377. The molecule has 1 atom stereocenters. The van der Waals surface area contributed by atoms with E-state index in [0.29, 0.717) is 19.1 Å². The van der Waals surface area contributed by atoms with E-state index in [1.807, 2.05) is 0 Å². The van der Waals surface area contributed by atoms with Gasteiger partial charge in [-0.15, -0.1) is 12.4 Å². The van der Waals surface area contributed by atoms with Crippen molar-refractivity contribution in [3.63, 3.8) is 0 Å². The van der Waals surface area contributed by atoms with Gasteiger partial charge in [-0.1, -0.05) is 12.8 Å². The van der Waals surface area contributed by atoms with Gasteiger partial charge in [-0.2, -0.15) is 0 Å². The van der Waals surface area contributed by atoms with Crippen molar-refractivity contribution < 1.29 is 13.2 Å². The topological polar surface area (TPSA) is 67.4 Å². The molecule has 0 radical (unpaired) electrons. The molecule has 1 saturated carbocycles. The van der Waals surface area contributed by atoms with Crippen molar-refractivity contribution in [3.8, 4) is 0 Å². The Morgan fingerprint density at radius 1 is 1.30 bits per heavy atom. The first kappa shape index (κ1) is 18.2. The van der Waals surface area contributed by atoms with Crippen molar-refractivity contribution >= 4 is 22.4 Å². The maximum Gasteiger partial charge on any atom is 0.211 e. The highest BCUT2D eigenvalue weighted by Crippen LogP contribution is 2.26. The quantitative estimate of drug-likeness (QED) is 0.739. The van der Waals surface area contributed by atoms with Gasteiger partial charge in [0.15, 0.2) is 0 Å². The normalized spacial score (nSPS) is 27.6. The maximum absolute atomic E-state index is 12.1. The lowest BCUT2D eigenvalue weighted by Gasteiger charge is -2.29. The molecule has 0 amide bonds. The highest BCUT2D eigenvalue weighted by molar-refractivity contribution is 7.89. The molecule has 2 N–H and O–H groups in total. The maximum atomic E-state index is 12.1. The van der Waals surface area contributed by atoms with Crippen molar-refractivity contribution in [2.45, 2.75) is 44.1 Å². The van der Waals surface area contributed by atoms with Gasteiger partial charge in [0.05, 0.1) is 17.9 Å². The van der Waals surface area contributed by atoms with Gasteiger partial charge in [0.2, 0.25) is 10.0 Å². The summed E-state index contributed by atoms with van der Waals surface area (Å²) in [6.07, 6.45) is 6.51. The van der Waals surface area contributed by atoms with Crippen molar-refractivity contribution in [3.05, 3.63) is 0 Å². The number of nitrogens with one attached hydrogen (secondary N) is 2. The summed E-state index contributed by atoms with van der Waals surface area (Å²) in [4.78, 5) is 0. The summed E-state index contributed by atoms with van der Waals surface area (Å²) >= 11 is 0. The van der Waals surface area contributed by atoms with E-state index in [9.17, 15) is 8.42 Å². The van der Waals surface area contributed by atoms with Crippen molar-refractivity contribution in [2.75, 3.05) is 32.6 Å². The van der Waals surface area contributed by atoms with Crippen LogP contribution in [0.15, 0.2) is 0 Å². The van der Waals surface area contributed by atoms with Crippen LogP contribution in [0.25, 0.3) is 0 Å². The molecule has 5 nitrogen and oxygen atoms in total. The van der Waals surface area contributed by atoms with Crippen LogP contribution in [-0.2, 0) is 14.8 Å². The average molecular weight is 327 g/mol. The first-order valence-corrected chi connectivity index (χ1v) is 8.92. The lowest BCUT2D eigenvalue weighted by Crippen LogP contribution is -2.53. The van der Waals surface area contributed by atoms with E-state index in [4.69, 9.17) is 4.74 Å². The zero-order chi connectivity index (χ0) is 13.8. The van der Waals surface area contributed by atoms with Crippen LogP contribution in [0.5, 0.6) is 0 Å². The number of halogens is 1. The standard InChI is InChI=1S/C13H26N2O3S.ClH/c1-18-11-13(7-4-8-14-13)10-15-19(16,17)9-12-5-2-3-6-12;/h12,14-15H,2-11H2,1H3;1H. The second-order valence-corrected chi connectivity index (χ2v) is 7.85. The van der Waals surface area contributed by atoms with Gasteiger partial charge < -0.3 is 10.1 Å². The van der Waals surface area contributed by atoms with Gasteiger partial charge >= 0.3 is 0 Å². The third-order valence-electron chi connectivity index (χ3n) is 4.31. The monoisotopic (exact) mass is 326 g/mol. The Morgan fingerprint density at radius 3 is 2.55 bits per heavy atom. The van der Waals surface area contributed by atoms with E-state index in [0.717, 1.165) is 32.2 Å². The Balaban J connectivity index is 0.00000200. The van der Waals surface area contributed by atoms with Crippen LogP contribution < -0.4 is 10.0 Å². The van der Waals surface area contributed by atoms with Crippen LogP contribution in [0.4, 0.5) is 0 Å². The van der Waals surface area contributed by atoms with Crippen LogP contribution >= 0.6 is 12.4 Å². The Morgan fingerprint density at radius 2 is 2.00 bits per heavy atom. The Labute approximate surface area is 128 Å². The minimum Gasteiger partial charge on any atom is -0.383 e. The molecule has 2 fully saturated rings. The fourth-order valence-electron chi connectivity index (χ4n) is 3.26. The van der Waals surface area contributed by atoms with Crippen LogP contribution in [0.1, 0.15) is 38.5 Å². The predicted molar refractivity (Wildman–Crippen MR) is 82.8 cm³/mol. The number of rotatable bonds is 7. The molecule has 1 unspecified atom stereocenters. The summed E-state index contributed by atoms with van der Waals surface area (Å²) in [5, 5.41) is 3.39.